The molecule has 6 aliphatic rings. The maximum Gasteiger partial charge on any atom is 0.367 e. The zero-order valence-electron chi connectivity index (χ0n) is 69.9. The van der Waals surface area contributed by atoms with Crippen LogP contribution in [0.25, 0.3) is 116 Å². The molecular weight excluding hydrogens is 1450 g/mol. The molecule has 117 heavy (non-hydrogen) atoms. The Morgan fingerprint density at radius 2 is 0.752 bits per heavy atom. The molecule has 16 heterocycles. The smallest absolute Gasteiger partial charge is 0.367 e. The highest BCUT2D eigenvalue weighted by Gasteiger charge is 2.38. The molecule has 0 spiro atoms. The maximum atomic E-state index is 6.18. The van der Waals surface area contributed by atoms with Gasteiger partial charge in [0.25, 0.3) is 0 Å². The molecule has 14 aromatic rings. The van der Waals surface area contributed by atoms with Crippen LogP contribution in [-0.2, 0) is 14.1 Å². The van der Waals surface area contributed by atoms with E-state index >= 15 is 0 Å². The van der Waals surface area contributed by atoms with Crippen LogP contribution in [0.4, 0.5) is 17.6 Å². The highest BCUT2D eigenvalue weighted by molar-refractivity contribution is 6.77. The van der Waals surface area contributed by atoms with Crippen molar-refractivity contribution < 1.29 is 26.8 Å². The third-order valence-corrected chi connectivity index (χ3v) is 23.4. The quantitative estimate of drug-likeness (QED) is 0.0843. The van der Waals surface area contributed by atoms with Gasteiger partial charge in [-0.05, 0) is 157 Å². The summed E-state index contributed by atoms with van der Waals surface area (Å²) in [4.78, 5) is 31.0. The van der Waals surface area contributed by atoms with Crippen LogP contribution >= 0.6 is 0 Å². The van der Waals surface area contributed by atoms with E-state index in [1.165, 1.54) is 50.4 Å². The highest BCUT2D eigenvalue weighted by Crippen LogP contribution is 2.39. The van der Waals surface area contributed by atoms with Crippen LogP contribution in [0, 0.1) is 0 Å². The molecule has 0 saturated heterocycles. The Balaban J connectivity index is 0.000000114. The van der Waals surface area contributed by atoms with E-state index in [-0.39, 0.29) is 33.6 Å². The lowest BCUT2D eigenvalue weighted by atomic mass is 9.62. The number of nitrogens with zero attached hydrogens (tertiary/aromatic N) is 16. The zero-order valence-corrected chi connectivity index (χ0v) is 69.9. The average molecular weight is 1550 g/mol. The molecule has 0 N–H and O–H groups in total. The third-order valence-electron chi connectivity index (χ3n) is 23.4. The Hall–Kier alpha value is -12.8. The number of para-hydroxylation sites is 2. The molecule has 0 radical (unpaired) electrons. The van der Waals surface area contributed by atoms with E-state index in [4.69, 9.17) is 17.7 Å². The van der Waals surface area contributed by atoms with Crippen LogP contribution in [0.1, 0.15) is 115 Å². The van der Waals surface area contributed by atoms with Crippen molar-refractivity contribution in [1.82, 2.24) is 53.8 Å². The van der Waals surface area contributed by atoms with Gasteiger partial charge >= 0.3 is 39.3 Å². The Bertz CT molecular complexity index is 6670. The highest BCUT2D eigenvalue weighted by atomic mass is 16.3. The van der Waals surface area contributed by atoms with Crippen molar-refractivity contribution in [3.05, 3.63) is 279 Å². The fourth-order valence-electron chi connectivity index (χ4n) is 17.1. The van der Waals surface area contributed by atoms with E-state index in [2.05, 4.69) is 403 Å². The Morgan fingerprint density at radius 3 is 1.15 bits per heavy atom. The Morgan fingerprint density at radius 1 is 0.385 bits per heavy atom. The van der Waals surface area contributed by atoms with Gasteiger partial charge in [-0.3, -0.25) is 19.6 Å². The van der Waals surface area contributed by atoms with E-state index in [0.717, 1.165) is 76.0 Å². The normalized spacial score (nSPS) is 16.0. The first-order valence-corrected chi connectivity index (χ1v) is 41.0. The minimum Gasteiger partial charge on any atom is -0.436 e. The first kappa shape index (κ1) is 76.8. The predicted molar refractivity (Wildman–Crippen MR) is 477 cm³/mol. The van der Waals surface area contributed by atoms with Crippen molar-refractivity contribution in [2.45, 2.75) is 133 Å². The molecular formula is C93H100B4N16O4+2. The molecule has 0 aliphatic carbocycles. The van der Waals surface area contributed by atoms with E-state index in [9.17, 15) is 0 Å². The van der Waals surface area contributed by atoms with Gasteiger partial charge in [0.15, 0.2) is 21.7 Å². The second-order valence-electron chi connectivity index (χ2n) is 32.6. The van der Waals surface area contributed by atoms with Gasteiger partial charge in [0.1, 0.15) is 36.1 Å². The number of anilines is 3. The summed E-state index contributed by atoms with van der Waals surface area (Å²) in [6.07, 6.45) is 33.0. The molecule has 0 unspecified atom stereocenters. The maximum absolute atomic E-state index is 6.18. The van der Waals surface area contributed by atoms with Gasteiger partial charge in [-0.2, -0.15) is 0 Å². The van der Waals surface area contributed by atoms with Crippen molar-refractivity contribution in [2.75, 3.05) is 21.6 Å². The molecule has 10 aromatic heterocycles. The summed E-state index contributed by atoms with van der Waals surface area (Å²) in [6.45, 7) is 32.2. The summed E-state index contributed by atoms with van der Waals surface area (Å²) in [5.74, 6) is 12.8. The van der Waals surface area contributed by atoms with E-state index < -0.39 is 0 Å². The zero-order chi connectivity index (χ0) is 81.4. The number of furan rings is 4. The molecule has 6 aliphatic heterocycles. The van der Waals surface area contributed by atoms with Crippen LogP contribution in [0.5, 0.6) is 0 Å². The molecule has 586 valence electrons. The summed E-state index contributed by atoms with van der Waals surface area (Å²) in [5, 5.41) is 13.3. The Labute approximate surface area is 684 Å². The fraction of sp³-hybridized carbons (Fsp3) is 0.247. The topological polar surface area (TPSA) is 148 Å². The lowest BCUT2D eigenvalue weighted by Crippen LogP contribution is -2.53. The number of fused-ring (bicyclic) bond motifs is 12. The number of aryl methyl sites for hydroxylation is 2. The molecule has 0 amide bonds. The molecule has 2 atom stereocenters. The summed E-state index contributed by atoms with van der Waals surface area (Å²) >= 11 is 0. The fourth-order valence-corrected chi connectivity index (χ4v) is 17.1. The van der Waals surface area contributed by atoms with Gasteiger partial charge in [-0.15, -0.1) is 0 Å². The van der Waals surface area contributed by atoms with Crippen molar-refractivity contribution in [1.29, 1.82) is 0 Å². The monoisotopic (exact) mass is 1550 g/mol. The lowest BCUT2D eigenvalue weighted by molar-refractivity contribution is -0.657. The van der Waals surface area contributed by atoms with Crippen LogP contribution in [0.15, 0.2) is 232 Å². The molecule has 0 saturated carbocycles. The number of benzene rings is 4. The molecule has 20 nitrogen and oxygen atoms in total. The first-order valence-electron chi connectivity index (χ1n) is 41.0. The summed E-state index contributed by atoms with van der Waals surface area (Å²) in [5.41, 5.74) is 17.8. The SMILES string of the molecule is CB1C=c2c(oc3ncccc23)=CN1N1C=CN(C)[C@@H]1C.CB1C=c2c(oc3ncccc23)=CN1N1C=CN(c2ccccc2)[C@@H]1C.CB1C=c2c(oc3ncccc23)=CN1c1n(-c2c(C(C)C)cc(-c3ccccc3)cc2C(C)C)cc[n+]1C.CB1C=c2c(oc3ncccc23)=CN1c1n(-c2c(C(C)C)cccc2C(C)C)cc[n+]1C. The van der Waals surface area contributed by atoms with Gasteiger partial charge < -0.3 is 37.3 Å². The predicted octanol–water partition coefficient (Wildman–Crippen LogP) is 12.6. The molecule has 0 fully saturated rings. The van der Waals surface area contributed by atoms with Crippen molar-refractivity contribution in [2.24, 2.45) is 14.1 Å². The number of imidazole rings is 2. The molecule has 0 bridgehead atoms. The lowest BCUT2D eigenvalue weighted by Gasteiger charge is -2.39. The second-order valence-corrected chi connectivity index (χ2v) is 32.6. The molecule has 4 aromatic carbocycles. The van der Waals surface area contributed by atoms with Crippen LogP contribution in [0.3, 0.4) is 0 Å². The number of hydrogen-bond acceptors (Lipinski definition) is 16. The van der Waals surface area contributed by atoms with Gasteiger partial charge in [0, 0.05) is 105 Å². The summed E-state index contributed by atoms with van der Waals surface area (Å²) in [7, 11) is 6.30. The Kier molecular flexibility index (Phi) is 20.6. The summed E-state index contributed by atoms with van der Waals surface area (Å²) in [6, 6.07) is 48.7. The van der Waals surface area contributed by atoms with E-state index in [0.29, 0.717) is 52.7 Å². The minimum atomic E-state index is 0.136. The largest absolute Gasteiger partial charge is 0.436 e. The van der Waals surface area contributed by atoms with Gasteiger partial charge in [-0.1, -0.05) is 160 Å². The van der Waals surface area contributed by atoms with E-state index in [1.807, 2.05) is 30.3 Å². The van der Waals surface area contributed by atoms with Gasteiger partial charge in [0.05, 0.1) is 51.3 Å². The van der Waals surface area contributed by atoms with Crippen LogP contribution in [0.2, 0.25) is 27.3 Å². The van der Waals surface area contributed by atoms with Crippen molar-refractivity contribution in [3.63, 3.8) is 0 Å². The third kappa shape index (κ3) is 14.1. The van der Waals surface area contributed by atoms with Crippen molar-refractivity contribution >= 4 is 138 Å². The summed E-state index contributed by atoms with van der Waals surface area (Å²) < 4.78 is 33.3. The van der Waals surface area contributed by atoms with E-state index in [1.54, 1.807) is 24.8 Å². The standard InChI is InChI=1S/C32H34BN4O.C26H30BN4O.C20H19BN4O.C15H17BN4O/c1-21(2)26-17-24(23-11-8-7-9-12-23)18-27(22(3)4)30(26)36-16-15-35(6)32(36)37-20-29-28(19-33(37)5)25-13-10-14-34-31(25)38-29;1-17(2)19-9-7-10-20(18(3)4)24(19)30-14-13-29(6)26(30)31-16-23-22(15-27(31)5)21-11-8-12-28-25(21)32-23;1-15-23(16-7-4-3-5-8-16)11-12-24(15)25-14-19-18(13-21(25)2)17-9-6-10-22-20(17)26-19;1-11-18(3)7-8-19(11)20-10-14-13(9-16(20)2)12-5-4-6-17-15(12)21-14/h7-22H,1-6H3;7-18H,1-6H3;3-15H,1-2H3;4-11H,1-3H3/q2*+1;;/t;;15-;11-/m..00/s1. The number of hydrazine groups is 2. The molecule has 24 heteroatoms. The second kappa shape index (κ2) is 31.4. The van der Waals surface area contributed by atoms with Crippen LogP contribution < -0.4 is 66.2 Å². The first-order chi connectivity index (χ1) is 56.6. The molecule has 20 rings (SSSR count). The number of hydrogen-bond donors (Lipinski definition) is 0. The van der Waals surface area contributed by atoms with Crippen LogP contribution in [-0.4, -0.2) is 101 Å². The average Bonchev–Trinajstić information content (AvgIpc) is 1.62. The van der Waals surface area contributed by atoms with Crippen molar-refractivity contribution in [3.8, 4) is 22.5 Å². The number of rotatable bonds is 12. The number of aromatic nitrogens is 8. The van der Waals surface area contributed by atoms with Gasteiger partial charge in [-0.25, -0.2) is 38.2 Å². The minimum absolute atomic E-state index is 0.136. The van der Waals surface area contributed by atoms with Gasteiger partial charge in [0.2, 0.25) is 22.9 Å². The number of pyridine rings is 4.